The summed E-state index contributed by atoms with van der Waals surface area (Å²) in [6.07, 6.45) is -6.59. The van der Waals surface area contributed by atoms with Crippen molar-refractivity contribution in [1.82, 2.24) is 5.32 Å². The summed E-state index contributed by atoms with van der Waals surface area (Å²) in [6.45, 7) is 2.48. The van der Waals surface area contributed by atoms with Crippen LogP contribution in [0.3, 0.4) is 0 Å². The molecule has 0 aliphatic rings. The first kappa shape index (κ1) is 19.2. The number of carbonyl (C=O) groups is 3. The van der Waals surface area contributed by atoms with Gasteiger partial charge in [-0.05, 0) is 13.8 Å². The van der Waals surface area contributed by atoms with Crippen molar-refractivity contribution in [2.24, 2.45) is 5.92 Å². The van der Waals surface area contributed by atoms with Crippen LogP contribution in [0, 0.1) is 5.92 Å². The van der Waals surface area contributed by atoms with Gasteiger partial charge < -0.3 is 14.8 Å². The van der Waals surface area contributed by atoms with Crippen molar-refractivity contribution in [1.29, 1.82) is 0 Å². The molecule has 0 saturated heterocycles. The Morgan fingerprint density at radius 1 is 1.10 bits per heavy atom. The van der Waals surface area contributed by atoms with Crippen molar-refractivity contribution in [2.45, 2.75) is 32.9 Å². The van der Waals surface area contributed by atoms with Gasteiger partial charge in [0, 0.05) is 6.54 Å². The summed E-state index contributed by atoms with van der Waals surface area (Å²) < 4.78 is 46.1. The number of ether oxygens (including phenoxy) is 2. The molecule has 1 unspecified atom stereocenters. The Morgan fingerprint density at radius 2 is 1.67 bits per heavy atom. The highest BCUT2D eigenvalue weighted by atomic mass is 19.4. The monoisotopic (exact) mass is 313 g/mol. The molecule has 0 bridgehead atoms. The molecule has 0 fully saturated rings. The molecule has 0 radical (unpaired) electrons. The molecule has 0 aromatic rings. The SMILES string of the molecule is CCOC(=O)CC(=O)NCC(CC(F)(F)F)C(=O)OCC. The van der Waals surface area contributed by atoms with Gasteiger partial charge in [0.15, 0.2) is 0 Å². The molecule has 1 atom stereocenters. The number of amides is 1. The number of alkyl halides is 3. The lowest BCUT2D eigenvalue weighted by molar-refractivity contribution is -0.167. The Balaban J connectivity index is 4.44. The number of halogens is 3. The van der Waals surface area contributed by atoms with E-state index in [-0.39, 0.29) is 13.2 Å². The van der Waals surface area contributed by atoms with Crippen molar-refractivity contribution in [2.75, 3.05) is 19.8 Å². The summed E-state index contributed by atoms with van der Waals surface area (Å²) in [5.41, 5.74) is 0. The van der Waals surface area contributed by atoms with Gasteiger partial charge in [-0.15, -0.1) is 0 Å². The summed E-state index contributed by atoms with van der Waals surface area (Å²) in [4.78, 5) is 33.7. The fourth-order valence-corrected chi connectivity index (χ4v) is 1.42. The third-order valence-corrected chi connectivity index (χ3v) is 2.25. The largest absolute Gasteiger partial charge is 0.466 e. The average Bonchev–Trinajstić information content (AvgIpc) is 2.33. The zero-order valence-corrected chi connectivity index (χ0v) is 11.8. The van der Waals surface area contributed by atoms with E-state index in [1.165, 1.54) is 6.92 Å². The molecular weight excluding hydrogens is 295 g/mol. The summed E-state index contributed by atoms with van der Waals surface area (Å²) in [7, 11) is 0. The molecule has 0 saturated carbocycles. The van der Waals surface area contributed by atoms with Crippen LogP contribution in [0.15, 0.2) is 0 Å². The molecule has 0 aromatic carbocycles. The first-order valence-electron chi connectivity index (χ1n) is 6.35. The molecule has 0 aliphatic heterocycles. The van der Waals surface area contributed by atoms with Crippen molar-refractivity contribution >= 4 is 17.8 Å². The second-order valence-electron chi connectivity index (χ2n) is 4.05. The number of hydrogen-bond donors (Lipinski definition) is 1. The van der Waals surface area contributed by atoms with Crippen LogP contribution in [0.25, 0.3) is 0 Å². The van der Waals surface area contributed by atoms with E-state index < -0.39 is 49.3 Å². The van der Waals surface area contributed by atoms with Crippen LogP contribution < -0.4 is 5.32 Å². The normalized spacial score (nSPS) is 12.4. The minimum Gasteiger partial charge on any atom is -0.466 e. The molecule has 6 nitrogen and oxygen atoms in total. The Hall–Kier alpha value is -1.80. The topological polar surface area (TPSA) is 81.7 Å². The van der Waals surface area contributed by atoms with Crippen molar-refractivity contribution in [3.05, 3.63) is 0 Å². The third-order valence-electron chi connectivity index (χ3n) is 2.25. The predicted molar refractivity (Wildman–Crippen MR) is 65.1 cm³/mol. The maximum absolute atomic E-state index is 12.3. The van der Waals surface area contributed by atoms with E-state index in [4.69, 9.17) is 0 Å². The maximum atomic E-state index is 12.3. The molecule has 122 valence electrons. The van der Waals surface area contributed by atoms with Crippen LogP contribution in [0.2, 0.25) is 0 Å². The Kier molecular flexibility index (Phi) is 8.41. The van der Waals surface area contributed by atoms with E-state index in [9.17, 15) is 27.6 Å². The van der Waals surface area contributed by atoms with Gasteiger partial charge in [0.05, 0.1) is 25.6 Å². The second-order valence-corrected chi connectivity index (χ2v) is 4.05. The quantitative estimate of drug-likeness (QED) is 0.538. The molecule has 1 N–H and O–H groups in total. The first-order valence-corrected chi connectivity index (χ1v) is 6.35. The first-order chi connectivity index (χ1) is 9.69. The van der Waals surface area contributed by atoms with Gasteiger partial charge in [-0.3, -0.25) is 14.4 Å². The van der Waals surface area contributed by atoms with Gasteiger partial charge in [0.1, 0.15) is 6.42 Å². The van der Waals surface area contributed by atoms with E-state index in [0.717, 1.165) is 0 Å². The molecule has 21 heavy (non-hydrogen) atoms. The number of carbonyl (C=O) groups excluding carboxylic acids is 3. The third kappa shape index (κ3) is 9.69. The zero-order valence-electron chi connectivity index (χ0n) is 11.8. The Morgan fingerprint density at radius 3 is 2.14 bits per heavy atom. The van der Waals surface area contributed by atoms with Crippen LogP contribution in [-0.4, -0.2) is 43.8 Å². The van der Waals surface area contributed by atoms with Crippen LogP contribution in [0.1, 0.15) is 26.7 Å². The number of hydrogen-bond acceptors (Lipinski definition) is 5. The molecule has 0 aliphatic carbocycles. The van der Waals surface area contributed by atoms with Crippen molar-refractivity contribution in [3.63, 3.8) is 0 Å². The number of esters is 2. The fraction of sp³-hybridized carbons (Fsp3) is 0.750. The Bertz CT molecular complexity index is 370. The van der Waals surface area contributed by atoms with E-state index in [0.29, 0.717) is 0 Å². The van der Waals surface area contributed by atoms with E-state index in [1.54, 1.807) is 6.92 Å². The molecule has 9 heteroatoms. The lowest BCUT2D eigenvalue weighted by Crippen LogP contribution is -2.37. The molecule has 1 amide bonds. The highest BCUT2D eigenvalue weighted by molar-refractivity contribution is 5.94. The van der Waals surface area contributed by atoms with Gasteiger partial charge in [-0.25, -0.2) is 0 Å². The van der Waals surface area contributed by atoms with E-state index in [2.05, 4.69) is 14.8 Å². The maximum Gasteiger partial charge on any atom is 0.390 e. The van der Waals surface area contributed by atoms with Crippen LogP contribution >= 0.6 is 0 Å². The Labute approximate surface area is 120 Å². The van der Waals surface area contributed by atoms with Gasteiger partial charge >= 0.3 is 18.1 Å². The molecule has 0 rings (SSSR count). The minimum absolute atomic E-state index is 0.0655. The predicted octanol–water partition coefficient (Wildman–Crippen LogP) is 1.19. The lowest BCUT2D eigenvalue weighted by atomic mass is 10.1. The summed E-state index contributed by atoms with van der Waals surface area (Å²) in [5, 5.41) is 2.09. The molecule has 0 spiro atoms. The smallest absolute Gasteiger partial charge is 0.390 e. The van der Waals surface area contributed by atoms with Gasteiger partial charge in [-0.2, -0.15) is 13.2 Å². The average molecular weight is 313 g/mol. The van der Waals surface area contributed by atoms with Gasteiger partial charge in [0.2, 0.25) is 5.91 Å². The van der Waals surface area contributed by atoms with Crippen molar-refractivity contribution < 1.29 is 37.0 Å². The highest BCUT2D eigenvalue weighted by Gasteiger charge is 2.36. The van der Waals surface area contributed by atoms with E-state index in [1.807, 2.05) is 0 Å². The van der Waals surface area contributed by atoms with E-state index >= 15 is 0 Å². The fourth-order valence-electron chi connectivity index (χ4n) is 1.42. The summed E-state index contributed by atoms with van der Waals surface area (Å²) >= 11 is 0. The van der Waals surface area contributed by atoms with Crippen LogP contribution in [0.5, 0.6) is 0 Å². The van der Waals surface area contributed by atoms with Crippen LogP contribution in [-0.2, 0) is 23.9 Å². The summed E-state index contributed by atoms with van der Waals surface area (Å²) in [5.74, 6) is -4.20. The van der Waals surface area contributed by atoms with Crippen molar-refractivity contribution in [3.8, 4) is 0 Å². The molecule has 0 heterocycles. The van der Waals surface area contributed by atoms with Crippen LogP contribution in [0.4, 0.5) is 13.2 Å². The second kappa shape index (κ2) is 9.19. The zero-order chi connectivity index (χ0) is 16.5. The number of nitrogens with one attached hydrogen (secondary N) is 1. The molecular formula is C12H18F3NO5. The lowest BCUT2D eigenvalue weighted by Gasteiger charge is -2.17. The standard InChI is InChI=1S/C12H18F3NO5/c1-3-20-10(18)5-9(17)16-7-8(6-12(13,14)15)11(19)21-4-2/h8H,3-7H2,1-2H3,(H,16,17). The molecule has 0 aromatic heterocycles. The highest BCUT2D eigenvalue weighted by Crippen LogP contribution is 2.25. The minimum atomic E-state index is -4.57. The summed E-state index contributed by atoms with van der Waals surface area (Å²) in [6, 6.07) is 0. The van der Waals surface area contributed by atoms with Gasteiger partial charge in [-0.1, -0.05) is 0 Å². The van der Waals surface area contributed by atoms with Gasteiger partial charge in [0.25, 0.3) is 0 Å². The number of rotatable bonds is 8.